The number of hydrogen-bond donors (Lipinski definition) is 3. The highest BCUT2D eigenvalue weighted by Crippen LogP contribution is 2.34. The van der Waals surface area contributed by atoms with Gasteiger partial charge in [-0.2, -0.15) is 0 Å². The number of carbonyl (C=O) groups excluding carboxylic acids is 1. The van der Waals surface area contributed by atoms with E-state index in [0.29, 0.717) is 24.1 Å². The highest BCUT2D eigenvalue weighted by molar-refractivity contribution is 6.03. The molecule has 196 valence electrons. The molecule has 1 unspecified atom stereocenters. The molecular weight excluding hydrogens is 474 g/mol. The van der Waals surface area contributed by atoms with E-state index in [4.69, 9.17) is 0 Å². The van der Waals surface area contributed by atoms with Crippen LogP contribution in [0.1, 0.15) is 60.3 Å². The van der Waals surface area contributed by atoms with Gasteiger partial charge in [0, 0.05) is 67.5 Å². The molecule has 0 bridgehead atoms. The highest BCUT2D eigenvalue weighted by atomic mass is 16.3. The summed E-state index contributed by atoms with van der Waals surface area (Å²) in [7, 11) is 0. The number of hydrogen-bond acceptors (Lipinski definition) is 6. The van der Waals surface area contributed by atoms with E-state index in [-0.39, 0.29) is 30.5 Å². The third-order valence-electron chi connectivity index (χ3n) is 7.55. The highest BCUT2D eigenvalue weighted by Gasteiger charge is 2.28. The number of ketones is 1. The summed E-state index contributed by atoms with van der Waals surface area (Å²) in [4.78, 5) is 18.4. The maximum Gasteiger partial charge on any atom is 0.204 e. The molecule has 2 fully saturated rings. The Balaban J connectivity index is 1.14. The first-order valence-corrected chi connectivity index (χ1v) is 13.5. The quantitative estimate of drug-likeness (QED) is 0.435. The number of Topliss-reactive ketones (excluding diaryl/α,β-unsaturated/α-hetero) is 1. The van der Waals surface area contributed by atoms with Gasteiger partial charge >= 0.3 is 0 Å². The summed E-state index contributed by atoms with van der Waals surface area (Å²) >= 11 is 0. The molecule has 2 aromatic carbocycles. The Bertz CT molecular complexity index is 1290. The van der Waals surface area contributed by atoms with E-state index in [1.165, 1.54) is 36.7 Å². The molecule has 2 aromatic rings. The topological polar surface area (TPSA) is 85.2 Å². The molecule has 2 atom stereocenters. The number of likely N-dealkylation sites (tertiary alicyclic amines) is 1. The van der Waals surface area contributed by atoms with Gasteiger partial charge in [0.2, 0.25) is 5.78 Å². The van der Waals surface area contributed by atoms with Crippen LogP contribution in [0.3, 0.4) is 0 Å². The van der Waals surface area contributed by atoms with Gasteiger partial charge in [0.25, 0.3) is 0 Å². The van der Waals surface area contributed by atoms with Crippen molar-refractivity contribution in [2.24, 2.45) is 10.9 Å². The van der Waals surface area contributed by atoms with Crippen molar-refractivity contribution in [1.82, 2.24) is 10.2 Å². The van der Waals surface area contributed by atoms with E-state index >= 15 is 0 Å². The number of nitrogens with one attached hydrogen (secondary N) is 1. The van der Waals surface area contributed by atoms with Crippen LogP contribution in [-0.4, -0.2) is 52.8 Å². The molecule has 0 aromatic heterocycles. The second-order valence-electron chi connectivity index (χ2n) is 10.6. The van der Waals surface area contributed by atoms with Crippen molar-refractivity contribution in [1.29, 1.82) is 0 Å². The Kier molecular flexibility index (Phi) is 8.07. The molecule has 1 saturated carbocycles. The van der Waals surface area contributed by atoms with Crippen LogP contribution in [0, 0.1) is 17.8 Å². The lowest BCUT2D eigenvalue weighted by Crippen LogP contribution is -2.32. The smallest absolute Gasteiger partial charge is 0.204 e. The van der Waals surface area contributed by atoms with Crippen molar-refractivity contribution in [2.75, 3.05) is 19.7 Å². The lowest BCUT2D eigenvalue weighted by molar-refractivity contribution is -0.117. The molecule has 5 rings (SSSR count). The number of carbonyl (C=O) groups is 1. The zero-order valence-electron chi connectivity index (χ0n) is 21.7. The van der Waals surface area contributed by atoms with Crippen molar-refractivity contribution < 1.29 is 15.0 Å². The molecule has 3 N–H and O–H groups in total. The Morgan fingerprint density at radius 2 is 1.76 bits per heavy atom. The molecule has 0 spiro atoms. The number of allylic oxidation sites excluding steroid dienone is 3. The summed E-state index contributed by atoms with van der Waals surface area (Å²) in [5, 5.41) is 23.5. The number of aliphatic hydroxyl groups excluding tert-OH is 2. The van der Waals surface area contributed by atoms with Gasteiger partial charge in [0.05, 0.1) is 12.3 Å². The predicted octanol–water partition coefficient (Wildman–Crippen LogP) is 4.45. The van der Waals surface area contributed by atoms with Crippen molar-refractivity contribution in [3.05, 3.63) is 94.5 Å². The molecule has 2 aliphatic heterocycles. The normalized spacial score (nSPS) is 20.2. The second kappa shape index (κ2) is 11.8. The van der Waals surface area contributed by atoms with Gasteiger partial charge < -0.3 is 15.5 Å². The molecule has 0 amide bonds. The molecule has 1 aliphatic carbocycles. The van der Waals surface area contributed by atoms with Crippen LogP contribution < -0.4 is 5.32 Å². The monoisotopic (exact) mass is 509 g/mol. The van der Waals surface area contributed by atoms with E-state index in [2.05, 4.69) is 57.9 Å². The van der Waals surface area contributed by atoms with Crippen molar-refractivity contribution in [3.8, 4) is 11.8 Å². The lowest BCUT2D eigenvalue weighted by atomic mass is 9.93. The van der Waals surface area contributed by atoms with Gasteiger partial charge in [0.1, 0.15) is 0 Å². The number of aliphatic hydroxyl groups is 2. The molecule has 38 heavy (non-hydrogen) atoms. The predicted molar refractivity (Wildman–Crippen MR) is 150 cm³/mol. The Morgan fingerprint density at radius 1 is 1.08 bits per heavy atom. The maximum atomic E-state index is 11.7. The van der Waals surface area contributed by atoms with Crippen molar-refractivity contribution in [3.63, 3.8) is 0 Å². The zero-order chi connectivity index (χ0) is 26.5. The summed E-state index contributed by atoms with van der Waals surface area (Å²) in [6, 6.07) is 16.7. The average molecular weight is 510 g/mol. The van der Waals surface area contributed by atoms with Crippen LogP contribution in [0.4, 0.5) is 0 Å². The third-order valence-corrected chi connectivity index (χ3v) is 7.55. The van der Waals surface area contributed by atoms with Gasteiger partial charge in [-0.25, -0.2) is 0 Å². The van der Waals surface area contributed by atoms with Crippen molar-refractivity contribution >= 4 is 12.0 Å². The van der Waals surface area contributed by atoms with Crippen LogP contribution in [0.5, 0.6) is 0 Å². The molecule has 6 heteroatoms. The first kappa shape index (κ1) is 26.0. The van der Waals surface area contributed by atoms with E-state index in [9.17, 15) is 15.0 Å². The van der Waals surface area contributed by atoms with E-state index in [1.807, 2.05) is 24.3 Å². The molecule has 1 saturated heterocycles. The van der Waals surface area contributed by atoms with Gasteiger partial charge in [-0.15, -0.1) is 0 Å². The number of benzene rings is 2. The lowest BCUT2D eigenvalue weighted by Gasteiger charge is -2.18. The summed E-state index contributed by atoms with van der Waals surface area (Å²) in [6.07, 6.45) is 5.66. The first-order chi connectivity index (χ1) is 18.5. The molecule has 6 nitrogen and oxygen atoms in total. The molecular formula is C32H35N3O3. The summed E-state index contributed by atoms with van der Waals surface area (Å²) in [5.74, 6) is 6.26. The number of nitrogens with zero attached hydrogens (tertiary/aromatic N) is 2. The Morgan fingerprint density at radius 3 is 2.42 bits per heavy atom. The van der Waals surface area contributed by atoms with Gasteiger partial charge in [-0.3, -0.25) is 14.7 Å². The molecule has 3 aliphatic rings. The third kappa shape index (κ3) is 6.61. The van der Waals surface area contributed by atoms with E-state index < -0.39 is 0 Å². The maximum absolute atomic E-state index is 11.7. The number of rotatable bonds is 9. The first-order valence-electron chi connectivity index (χ1n) is 13.5. The van der Waals surface area contributed by atoms with Gasteiger partial charge in [0.15, 0.2) is 5.76 Å². The van der Waals surface area contributed by atoms with Crippen molar-refractivity contribution in [2.45, 2.75) is 50.6 Å². The summed E-state index contributed by atoms with van der Waals surface area (Å²) in [5.41, 5.74) is 5.61. The molecule has 0 radical (unpaired) electrons. The summed E-state index contributed by atoms with van der Waals surface area (Å²) in [6.45, 7) is 7.21. The van der Waals surface area contributed by atoms with Crippen LogP contribution in [-0.2, 0) is 11.3 Å². The fourth-order valence-electron chi connectivity index (χ4n) is 5.07. The van der Waals surface area contributed by atoms with E-state index in [1.54, 1.807) is 0 Å². The SMILES string of the molecule is C=C(N[C@@H]1CCN(Cc2ccc(C#Cc3ccc(C(CO)CC4=C(O)C(=O)CC=N4)cc3)cc2)C1)C1CC1. The van der Waals surface area contributed by atoms with Crippen LogP contribution >= 0.6 is 0 Å². The van der Waals surface area contributed by atoms with Crippen LogP contribution in [0.25, 0.3) is 0 Å². The average Bonchev–Trinajstić information content (AvgIpc) is 3.70. The largest absolute Gasteiger partial charge is 0.503 e. The minimum absolute atomic E-state index is 0.109. The fourth-order valence-corrected chi connectivity index (χ4v) is 5.07. The van der Waals surface area contributed by atoms with Gasteiger partial charge in [-0.05, 0) is 60.6 Å². The standard InChI is InChI=1S/C32H35N3O3/c1-22(26-12-13-26)34-29-15-17-35(20-29)19-25-6-4-23(5-7-25)2-3-24-8-10-27(11-9-24)28(21-36)18-30-32(38)31(37)14-16-33-30/h4-11,16,26,28-29,34,36,38H,1,12-15,17-21H2/t28?,29-/m1/s1. The Labute approximate surface area is 224 Å². The molecule has 2 heterocycles. The van der Waals surface area contributed by atoms with Gasteiger partial charge in [-0.1, -0.05) is 42.7 Å². The second-order valence-corrected chi connectivity index (χ2v) is 10.6. The summed E-state index contributed by atoms with van der Waals surface area (Å²) < 4.78 is 0. The minimum Gasteiger partial charge on any atom is -0.503 e. The number of aliphatic imine (C=N–C) groups is 1. The fraction of sp³-hybridized carbons (Fsp3) is 0.375. The van der Waals surface area contributed by atoms with E-state index in [0.717, 1.165) is 36.3 Å². The Hall–Kier alpha value is -3.66. The minimum atomic E-state index is -0.335. The van der Waals surface area contributed by atoms with Crippen LogP contribution in [0.2, 0.25) is 0 Å². The zero-order valence-corrected chi connectivity index (χ0v) is 21.7. The van der Waals surface area contributed by atoms with Crippen LogP contribution in [0.15, 0.2) is 77.3 Å².